The predicted octanol–water partition coefficient (Wildman–Crippen LogP) is 2.05. The third-order valence-electron chi connectivity index (χ3n) is 2.79. The van der Waals surface area contributed by atoms with E-state index in [-0.39, 0.29) is 23.3 Å². The number of hydrogen-bond donors (Lipinski definition) is 0. The molecule has 0 fully saturated rings. The van der Waals surface area contributed by atoms with E-state index in [0.717, 1.165) is 0 Å². The Bertz CT molecular complexity index is 736. The zero-order valence-corrected chi connectivity index (χ0v) is 12.3. The number of ketones is 1. The summed E-state index contributed by atoms with van der Waals surface area (Å²) in [4.78, 5) is 36.0. The number of nitrogens with zero attached hydrogens (tertiary/aromatic N) is 1. The van der Waals surface area contributed by atoms with Crippen LogP contribution in [0.1, 0.15) is 27.6 Å². The molecule has 5 nitrogen and oxygen atoms in total. The first kappa shape index (κ1) is 14.5. The zero-order chi connectivity index (χ0) is 14.7. The summed E-state index contributed by atoms with van der Waals surface area (Å²) in [5.74, 6) is -0.932. The van der Waals surface area contributed by atoms with Crippen molar-refractivity contribution in [2.45, 2.75) is 6.92 Å². The van der Waals surface area contributed by atoms with Gasteiger partial charge in [-0.15, -0.1) is 0 Å². The fourth-order valence-electron chi connectivity index (χ4n) is 1.90. The Morgan fingerprint density at radius 1 is 1.30 bits per heavy atom. The van der Waals surface area contributed by atoms with Crippen molar-refractivity contribution in [1.82, 2.24) is 4.40 Å². The van der Waals surface area contributed by atoms with Gasteiger partial charge in [0.05, 0.1) is 17.5 Å². The van der Waals surface area contributed by atoms with Crippen LogP contribution >= 0.6 is 15.9 Å². The summed E-state index contributed by atoms with van der Waals surface area (Å²) >= 11 is 3.09. The summed E-state index contributed by atoms with van der Waals surface area (Å²) in [5, 5.41) is 0.109. The molecule has 0 saturated carbocycles. The van der Waals surface area contributed by atoms with Gasteiger partial charge in [-0.2, -0.15) is 0 Å². The molecule has 0 radical (unpaired) electrons. The number of ether oxygens (including phenoxy) is 1. The van der Waals surface area contributed by atoms with Crippen molar-refractivity contribution in [1.29, 1.82) is 0 Å². The molecule has 0 aliphatic rings. The minimum absolute atomic E-state index is 0.109. The fourth-order valence-corrected chi connectivity index (χ4v) is 2.20. The molecule has 0 spiro atoms. The molecular weight excluding hydrogens is 326 g/mol. The number of Topliss-reactive ketones (excluding diaryl/α,β-unsaturated/α-hetero) is 1. The van der Waals surface area contributed by atoms with Crippen LogP contribution < -0.4 is 5.56 Å². The molecule has 0 saturated heterocycles. The summed E-state index contributed by atoms with van der Waals surface area (Å²) in [6.07, 6.45) is 1.52. The summed E-state index contributed by atoms with van der Waals surface area (Å²) in [5.41, 5.74) is 0.144. The molecule has 2 heterocycles. The lowest BCUT2D eigenvalue weighted by Crippen LogP contribution is -2.25. The van der Waals surface area contributed by atoms with E-state index in [0.29, 0.717) is 11.1 Å². The number of halogens is 1. The van der Waals surface area contributed by atoms with Gasteiger partial charge >= 0.3 is 5.97 Å². The van der Waals surface area contributed by atoms with E-state index in [9.17, 15) is 14.4 Å². The molecule has 6 heteroatoms. The quantitative estimate of drug-likeness (QED) is 0.486. The lowest BCUT2D eigenvalue weighted by Gasteiger charge is -2.09. The number of rotatable bonds is 4. The highest BCUT2D eigenvalue weighted by Gasteiger charge is 2.19. The molecule has 2 rings (SSSR count). The Morgan fingerprint density at radius 2 is 2.05 bits per heavy atom. The highest BCUT2D eigenvalue weighted by molar-refractivity contribution is 9.09. The Morgan fingerprint density at radius 3 is 2.70 bits per heavy atom. The maximum Gasteiger partial charge on any atom is 0.343 e. The second-order valence-electron chi connectivity index (χ2n) is 4.01. The summed E-state index contributed by atoms with van der Waals surface area (Å²) in [7, 11) is 0. The molecule has 2 aromatic rings. The van der Waals surface area contributed by atoms with Crippen LogP contribution in [0.25, 0.3) is 5.52 Å². The zero-order valence-electron chi connectivity index (χ0n) is 10.8. The smallest absolute Gasteiger partial charge is 0.343 e. The molecule has 104 valence electrons. The van der Waals surface area contributed by atoms with E-state index in [2.05, 4.69) is 15.9 Å². The molecule has 0 atom stereocenters. The second-order valence-corrected chi connectivity index (χ2v) is 4.57. The normalized spacial score (nSPS) is 10.5. The molecule has 0 bridgehead atoms. The van der Waals surface area contributed by atoms with Gasteiger partial charge in [-0.3, -0.25) is 14.0 Å². The number of aromatic nitrogens is 1. The number of carbonyl (C=O) groups excluding carboxylic acids is 2. The van der Waals surface area contributed by atoms with E-state index >= 15 is 0 Å². The van der Waals surface area contributed by atoms with Crippen LogP contribution in [-0.4, -0.2) is 28.1 Å². The molecule has 0 aliphatic heterocycles. The van der Waals surface area contributed by atoms with Gasteiger partial charge in [-0.25, -0.2) is 4.79 Å². The lowest BCUT2D eigenvalue weighted by atomic mass is 10.1. The Labute approximate surface area is 123 Å². The van der Waals surface area contributed by atoms with Crippen molar-refractivity contribution in [2.24, 2.45) is 0 Å². The minimum atomic E-state index is -0.723. The molecule has 2 aromatic heterocycles. The molecule has 0 N–H and O–H groups in total. The fraction of sp³-hybridized carbons (Fsp3) is 0.214. The van der Waals surface area contributed by atoms with Crippen molar-refractivity contribution in [3.05, 3.63) is 51.9 Å². The molecule has 20 heavy (non-hydrogen) atoms. The molecule has 0 aliphatic carbocycles. The van der Waals surface area contributed by atoms with E-state index in [1.165, 1.54) is 16.7 Å². The summed E-state index contributed by atoms with van der Waals surface area (Å²) in [6.45, 7) is 1.82. The van der Waals surface area contributed by atoms with Crippen LogP contribution in [0.3, 0.4) is 0 Å². The van der Waals surface area contributed by atoms with E-state index < -0.39 is 11.5 Å². The van der Waals surface area contributed by atoms with Gasteiger partial charge in [0, 0.05) is 11.8 Å². The minimum Gasteiger partial charge on any atom is -0.462 e. The van der Waals surface area contributed by atoms with Crippen molar-refractivity contribution in [3.8, 4) is 0 Å². The van der Waals surface area contributed by atoms with Gasteiger partial charge in [-0.1, -0.05) is 22.0 Å². The summed E-state index contributed by atoms with van der Waals surface area (Å²) in [6, 6.07) is 6.35. The molecule has 0 amide bonds. The maximum atomic E-state index is 12.2. The lowest BCUT2D eigenvalue weighted by molar-refractivity contribution is 0.0524. The monoisotopic (exact) mass is 337 g/mol. The highest BCUT2D eigenvalue weighted by atomic mass is 79.9. The average Bonchev–Trinajstić information content (AvgIpc) is 2.47. The summed E-state index contributed by atoms with van der Waals surface area (Å²) < 4.78 is 6.13. The van der Waals surface area contributed by atoms with Crippen LogP contribution in [0.4, 0.5) is 0 Å². The number of hydrogen-bond acceptors (Lipinski definition) is 4. The third kappa shape index (κ3) is 2.51. The van der Waals surface area contributed by atoms with Crippen molar-refractivity contribution in [2.75, 3.05) is 11.9 Å². The Balaban J connectivity index is 2.78. The van der Waals surface area contributed by atoms with Crippen LogP contribution in [0, 0.1) is 0 Å². The van der Waals surface area contributed by atoms with Crippen LogP contribution in [0.15, 0.2) is 35.3 Å². The number of carbonyl (C=O) groups is 2. The van der Waals surface area contributed by atoms with Gasteiger partial charge < -0.3 is 4.74 Å². The van der Waals surface area contributed by atoms with E-state index in [1.807, 2.05) is 0 Å². The Hall–Kier alpha value is -1.95. The SMILES string of the molecule is CCOC(=O)c1cc(C(=O)CBr)c2ccccn2c1=O. The molecule has 0 unspecified atom stereocenters. The first-order chi connectivity index (χ1) is 9.60. The largest absolute Gasteiger partial charge is 0.462 e. The first-order valence-corrected chi connectivity index (χ1v) is 7.13. The highest BCUT2D eigenvalue weighted by Crippen LogP contribution is 2.13. The van der Waals surface area contributed by atoms with Crippen molar-refractivity contribution < 1.29 is 14.3 Å². The number of alkyl halides is 1. The second kappa shape index (κ2) is 6.00. The number of pyridine rings is 2. The van der Waals surface area contributed by atoms with E-state index in [1.54, 1.807) is 25.1 Å². The third-order valence-corrected chi connectivity index (χ3v) is 3.30. The predicted molar refractivity (Wildman–Crippen MR) is 77.7 cm³/mol. The van der Waals surface area contributed by atoms with E-state index in [4.69, 9.17) is 4.74 Å². The molecular formula is C14H12BrNO4. The number of esters is 1. The Kier molecular flexibility index (Phi) is 4.34. The first-order valence-electron chi connectivity index (χ1n) is 6.00. The van der Waals surface area contributed by atoms with Gasteiger partial charge in [0.2, 0.25) is 0 Å². The standard InChI is InChI=1S/C14H12BrNO4/c1-2-20-14(19)10-7-9(12(17)8-15)11-5-3-4-6-16(11)13(10)18/h3-7H,2,8H2,1H3. The topological polar surface area (TPSA) is 64.8 Å². The van der Waals surface area contributed by atoms with Crippen molar-refractivity contribution >= 4 is 33.2 Å². The van der Waals surface area contributed by atoms with Crippen LogP contribution in [0.5, 0.6) is 0 Å². The van der Waals surface area contributed by atoms with Crippen LogP contribution in [-0.2, 0) is 4.74 Å². The van der Waals surface area contributed by atoms with Gasteiger partial charge in [-0.05, 0) is 25.1 Å². The number of fused-ring (bicyclic) bond motifs is 1. The maximum absolute atomic E-state index is 12.2. The van der Waals surface area contributed by atoms with Gasteiger partial charge in [0.1, 0.15) is 5.56 Å². The van der Waals surface area contributed by atoms with Crippen molar-refractivity contribution in [3.63, 3.8) is 0 Å². The van der Waals surface area contributed by atoms with Crippen LogP contribution in [0.2, 0.25) is 0 Å². The molecule has 0 aromatic carbocycles. The van der Waals surface area contributed by atoms with Gasteiger partial charge in [0.15, 0.2) is 5.78 Å². The van der Waals surface area contributed by atoms with Gasteiger partial charge in [0.25, 0.3) is 5.56 Å². The average molecular weight is 338 g/mol.